The normalized spacial score (nSPS) is 10.8. The number of aromatic nitrogens is 4. The Labute approximate surface area is 119 Å². The summed E-state index contributed by atoms with van der Waals surface area (Å²) in [5.74, 6) is 2.39. The van der Waals surface area contributed by atoms with Gasteiger partial charge in [0, 0.05) is 11.3 Å². The van der Waals surface area contributed by atoms with Crippen molar-refractivity contribution in [3.63, 3.8) is 0 Å². The van der Waals surface area contributed by atoms with Gasteiger partial charge in [0.2, 0.25) is 17.0 Å². The monoisotopic (exact) mass is 287 g/mol. The molecule has 0 amide bonds. The molecule has 1 aromatic carbocycles. The zero-order valence-electron chi connectivity index (χ0n) is 10.8. The number of anilines is 1. The number of H-pyrrole nitrogens is 1. The molecular formula is C13H13N5OS. The molecular weight excluding hydrogens is 274 g/mol. The van der Waals surface area contributed by atoms with Gasteiger partial charge in [-0.15, -0.1) is 5.10 Å². The molecule has 0 saturated carbocycles. The minimum absolute atomic E-state index is 0.314. The van der Waals surface area contributed by atoms with Crippen LogP contribution in [0.5, 0.6) is 0 Å². The van der Waals surface area contributed by atoms with Gasteiger partial charge in [-0.2, -0.15) is 4.98 Å². The fourth-order valence-corrected chi connectivity index (χ4v) is 2.53. The Kier molecular flexibility index (Phi) is 3.42. The Hall–Kier alpha value is -2.28. The summed E-state index contributed by atoms with van der Waals surface area (Å²) in [6, 6.07) is 9.82. The molecule has 102 valence electrons. The lowest BCUT2D eigenvalue weighted by Gasteiger charge is -1.93. The van der Waals surface area contributed by atoms with Crippen molar-refractivity contribution in [3.05, 3.63) is 41.8 Å². The summed E-state index contributed by atoms with van der Waals surface area (Å²) in [7, 11) is 0. The van der Waals surface area contributed by atoms with E-state index in [1.165, 1.54) is 11.8 Å². The molecule has 0 spiro atoms. The van der Waals surface area contributed by atoms with Crippen LogP contribution >= 0.6 is 11.8 Å². The number of nitrogens with one attached hydrogen (secondary N) is 1. The van der Waals surface area contributed by atoms with Crippen LogP contribution in [-0.2, 0) is 5.75 Å². The van der Waals surface area contributed by atoms with Crippen LogP contribution in [0.3, 0.4) is 0 Å². The number of hydrogen-bond donors (Lipinski definition) is 2. The average molecular weight is 287 g/mol. The van der Waals surface area contributed by atoms with Crippen molar-refractivity contribution >= 4 is 17.7 Å². The fraction of sp³-hybridized carbons (Fsp3) is 0.154. The number of aryl methyl sites for hydroxylation is 1. The third kappa shape index (κ3) is 2.67. The zero-order valence-corrected chi connectivity index (χ0v) is 11.6. The first kappa shape index (κ1) is 12.7. The average Bonchev–Trinajstić information content (AvgIpc) is 3.04. The number of aromatic amines is 1. The van der Waals surface area contributed by atoms with E-state index in [2.05, 4.69) is 20.2 Å². The Bertz CT molecular complexity index is 707. The number of hydrogen-bond acceptors (Lipinski definition) is 6. The first-order valence-electron chi connectivity index (χ1n) is 6.05. The molecule has 3 aromatic rings. The summed E-state index contributed by atoms with van der Waals surface area (Å²) in [5.41, 5.74) is 7.33. The molecule has 6 nitrogen and oxygen atoms in total. The molecule has 3 N–H and O–H groups in total. The summed E-state index contributed by atoms with van der Waals surface area (Å²) in [6.07, 6.45) is 0. The van der Waals surface area contributed by atoms with Crippen LogP contribution in [0.1, 0.15) is 11.5 Å². The summed E-state index contributed by atoms with van der Waals surface area (Å²) in [5, 5.41) is 7.17. The maximum atomic E-state index is 5.70. The van der Waals surface area contributed by atoms with E-state index in [-0.39, 0.29) is 0 Å². The van der Waals surface area contributed by atoms with Gasteiger partial charge in [-0.1, -0.05) is 30.0 Å². The molecule has 0 radical (unpaired) electrons. The largest absolute Gasteiger partial charge is 0.441 e. The van der Waals surface area contributed by atoms with E-state index < -0.39 is 0 Å². The summed E-state index contributed by atoms with van der Waals surface area (Å²) >= 11 is 1.46. The van der Waals surface area contributed by atoms with Crippen LogP contribution in [0.15, 0.2) is 39.9 Å². The number of benzene rings is 1. The summed E-state index contributed by atoms with van der Waals surface area (Å²) < 4.78 is 5.70. The van der Waals surface area contributed by atoms with Crippen LogP contribution in [-0.4, -0.2) is 20.2 Å². The van der Waals surface area contributed by atoms with Gasteiger partial charge in [0.05, 0.1) is 5.69 Å². The van der Waals surface area contributed by atoms with E-state index in [1.54, 1.807) is 0 Å². The molecule has 3 rings (SSSR count). The number of nitrogens with two attached hydrogens (primary N) is 1. The predicted octanol–water partition coefficient (Wildman–Crippen LogP) is 2.64. The topological polar surface area (TPSA) is 93.6 Å². The predicted molar refractivity (Wildman–Crippen MR) is 77.0 cm³/mol. The van der Waals surface area contributed by atoms with Gasteiger partial charge < -0.3 is 10.2 Å². The highest BCUT2D eigenvalue weighted by Gasteiger charge is 2.12. The lowest BCUT2D eigenvalue weighted by molar-refractivity contribution is 0.540. The molecule has 0 fully saturated rings. The maximum Gasteiger partial charge on any atom is 0.226 e. The van der Waals surface area contributed by atoms with Crippen LogP contribution in [0.4, 0.5) is 5.95 Å². The molecule has 0 aliphatic carbocycles. The van der Waals surface area contributed by atoms with Gasteiger partial charge in [0.1, 0.15) is 5.76 Å². The van der Waals surface area contributed by atoms with Crippen LogP contribution < -0.4 is 5.73 Å². The lowest BCUT2D eigenvalue weighted by Crippen LogP contribution is -1.86. The minimum atomic E-state index is 0.314. The Morgan fingerprint density at radius 1 is 1.25 bits per heavy atom. The Morgan fingerprint density at radius 2 is 2.05 bits per heavy atom. The molecule has 2 aromatic heterocycles. The van der Waals surface area contributed by atoms with Gasteiger partial charge in [-0.05, 0) is 19.1 Å². The van der Waals surface area contributed by atoms with Gasteiger partial charge in [-0.25, -0.2) is 10.1 Å². The molecule has 7 heteroatoms. The molecule has 2 heterocycles. The third-order valence-electron chi connectivity index (χ3n) is 2.73. The first-order chi connectivity index (χ1) is 9.72. The van der Waals surface area contributed by atoms with Crippen molar-refractivity contribution in [1.82, 2.24) is 20.2 Å². The zero-order chi connectivity index (χ0) is 13.9. The molecule has 0 aliphatic rings. The van der Waals surface area contributed by atoms with Gasteiger partial charge >= 0.3 is 0 Å². The number of oxazole rings is 1. The number of nitrogen functional groups attached to an aromatic ring is 1. The van der Waals surface area contributed by atoms with Crippen molar-refractivity contribution in [1.29, 1.82) is 0 Å². The molecule has 0 atom stereocenters. The van der Waals surface area contributed by atoms with Crippen LogP contribution in [0.2, 0.25) is 0 Å². The smallest absolute Gasteiger partial charge is 0.226 e. The van der Waals surface area contributed by atoms with Crippen molar-refractivity contribution in [2.45, 2.75) is 17.8 Å². The van der Waals surface area contributed by atoms with Crippen LogP contribution in [0, 0.1) is 6.92 Å². The molecule has 0 unspecified atom stereocenters. The highest BCUT2D eigenvalue weighted by molar-refractivity contribution is 7.98. The molecule has 0 bridgehead atoms. The number of thioether (sulfide) groups is 1. The third-order valence-corrected chi connectivity index (χ3v) is 3.59. The van der Waals surface area contributed by atoms with Gasteiger partial charge in [-0.3, -0.25) is 0 Å². The van der Waals surface area contributed by atoms with Crippen molar-refractivity contribution < 1.29 is 4.42 Å². The van der Waals surface area contributed by atoms with E-state index in [4.69, 9.17) is 10.2 Å². The van der Waals surface area contributed by atoms with Gasteiger partial charge in [0.25, 0.3) is 0 Å². The second-order valence-corrected chi connectivity index (χ2v) is 5.12. The first-order valence-corrected chi connectivity index (χ1v) is 7.03. The van der Waals surface area contributed by atoms with Crippen LogP contribution in [0.25, 0.3) is 11.5 Å². The number of rotatable bonds is 4. The lowest BCUT2D eigenvalue weighted by atomic mass is 10.2. The van der Waals surface area contributed by atoms with Gasteiger partial charge in [0.15, 0.2) is 0 Å². The second kappa shape index (κ2) is 5.38. The van der Waals surface area contributed by atoms with E-state index in [0.717, 1.165) is 17.0 Å². The number of nitrogens with zero attached hydrogens (tertiary/aromatic N) is 3. The second-order valence-electron chi connectivity index (χ2n) is 4.18. The van der Waals surface area contributed by atoms with Crippen molar-refractivity contribution in [2.24, 2.45) is 0 Å². The summed E-state index contributed by atoms with van der Waals surface area (Å²) in [4.78, 5) is 8.55. The van der Waals surface area contributed by atoms with Crippen molar-refractivity contribution in [3.8, 4) is 11.5 Å². The Morgan fingerprint density at radius 3 is 2.75 bits per heavy atom. The minimum Gasteiger partial charge on any atom is -0.441 e. The fourth-order valence-electron chi connectivity index (χ4n) is 1.72. The van der Waals surface area contributed by atoms with Crippen molar-refractivity contribution in [2.75, 3.05) is 5.73 Å². The highest BCUT2D eigenvalue weighted by Crippen LogP contribution is 2.26. The standard InChI is InChI=1S/C13H13N5OS/c1-8-10(7-20-13-16-12(14)17-18-13)15-11(19-8)9-5-3-2-4-6-9/h2-6H,7H2,1H3,(H3,14,16,17,18). The van der Waals surface area contributed by atoms with E-state index in [0.29, 0.717) is 22.7 Å². The quantitative estimate of drug-likeness (QED) is 0.716. The highest BCUT2D eigenvalue weighted by atomic mass is 32.2. The molecule has 0 saturated heterocycles. The molecule has 20 heavy (non-hydrogen) atoms. The van der Waals surface area contributed by atoms with E-state index in [9.17, 15) is 0 Å². The molecule has 0 aliphatic heterocycles. The Balaban J connectivity index is 1.76. The van der Waals surface area contributed by atoms with E-state index in [1.807, 2.05) is 37.3 Å². The van der Waals surface area contributed by atoms with E-state index >= 15 is 0 Å². The maximum absolute atomic E-state index is 5.70. The summed E-state index contributed by atoms with van der Waals surface area (Å²) in [6.45, 7) is 1.90. The SMILES string of the molecule is Cc1oc(-c2ccccc2)nc1CSc1n[nH]c(N)n1.